The Balaban J connectivity index is 0.00000338. The molecule has 0 spiro atoms. The van der Waals surface area contributed by atoms with Crippen LogP contribution in [0.15, 0.2) is 35.3 Å². The van der Waals surface area contributed by atoms with E-state index in [1.807, 2.05) is 0 Å². The van der Waals surface area contributed by atoms with Gasteiger partial charge >= 0.3 is 0 Å². The van der Waals surface area contributed by atoms with E-state index in [9.17, 15) is 0 Å². The number of rotatable bonds is 8. The van der Waals surface area contributed by atoms with Crippen LogP contribution in [0.2, 0.25) is 0 Å². The molecule has 0 aromatic heterocycles. The van der Waals surface area contributed by atoms with Crippen molar-refractivity contribution < 1.29 is 4.74 Å². The van der Waals surface area contributed by atoms with Crippen LogP contribution in [0.25, 0.3) is 0 Å². The minimum absolute atomic E-state index is 0. The van der Waals surface area contributed by atoms with Crippen LogP contribution in [0.1, 0.15) is 51.0 Å². The molecule has 1 saturated heterocycles. The van der Waals surface area contributed by atoms with Gasteiger partial charge in [-0.15, -0.1) is 24.0 Å². The Morgan fingerprint density at radius 1 is 1.23 bits per heavy atom. The molecule has 148 valence electrons. The highest BCUT2D eigenvalue weighted by atomic mass is 127. The van der Waals surface area contributed by atoms with Crippen molar-refractivity contribution in [2.24, 2.45) is 10.9 Å². The van der Waals surface area contributed by atoms with Crippen molar-refractivity contribution in [2.45, 2.75) is 45.4 Å². The zero-order valence-electron chi connectivity index (χ0n) is 16.6. The van der Waals surface area contributed by atoms with Crippen molar-refractivity contribution in [1.29, 1.82) is 0 Å². The molecule has 4 nitrogen and oxygen atoms in total. The Morgan fingerprint density at radius 3 is 2.54 bits per heavy atom. The van der Waals surface area contributed by atoms with Crippen LogP contribution >= 0.6 is 24.0 Å². The van der Waals surface area contributed by atoms with Crippen LogP contribution < -0.4 is 5.32 Å². The molecule has 1 aliphatic rings. The summed E-state index contributed by atoms with van der Waals surface area (Å²) >= 11 is 0. The molecule has 0 saturated carbocycles. The normalized spacial score (nSPS) is 16.7. The summed E-state index contributed by atoms with van der Waals surface area (Å²) in [7, 11) is 2.16. The maximum Gasteiger partial charge on any atom is 0.193 e. The smallest absolute Gasteiger partial charge is 0.193 e. The van der Waals surface area contributed by atoms with Gasteiger partial charge in [0.05, 0.1) is 0 Å². The fourth-order valence-electron chi connectivity index (χ4n) is 3.38. The topological polar surface area (TPSA) is 36.9 Å². The summed E-state index contributed by atoms with van der Waals surface area (Å²) in [4.78, 5) is 7.22. The van der Waals surface area contributed by atoms with Gasteiger partial charge in [-0.05, 0) is 44.1 Å². The molecule has 26 heavy (non-hydrogen) atoms. The van der Waals surface area contributed by atoms with Crippen molar-refractivity contribution >= 4 is 29.9 Å². The molecule has 1 unspecified atom stereocenters. The van der Waals surface area contributed by atoms with Crippen LogP contribution in [0.5, 0.6) is 0 Å². The number of ether oxygens (including phenoxy) is 1. The quantitative estimate of drug-likeness (QED) is 0.343. The van der Waals surface area contributed by atoms with E-state index in [0.717, 1.165) is 51.1 Å². The third-order valence-electron chi connectivity index (χ3n) is 5.14. The number of guanidine groups is 1. The highest BCUT2D eigenvalue weighted by molar-refractivity contribution is 14.0. The zero-order valence-corrected chi connectivity index (χ0v) is 18.9. The van der Waals surface area contributed by atoms with Crippen molar-refractivity contribution in [3.8, 4) is 0 Å². The van der Waals surface area contributed by atoms with E-state index >= 15 is 0 Å². The van der Waals surface area contributed by atoms with E-state index in [1.54, 1.807) is 0 Å². The lowest BCUT2D eigenvalue weighted by atomic mass is 9.96. The van der Waals surface area contributed by atoms with E-state index in [-0.39, 0.29) is 24.0 Å². The van der Waals surface area contributed by atoms with Crippen molar-refractivity contribution in [1.82, 2.24) is 10.2 Å². The Morgan fingerprint density at radius 2 is 1.92 bits per heavy atom. The second kappa shape index (κ2) is 13.4. The molecule has 0 amide bonds. The van der Waals surface area contributed by atoms with Crippen LogP contribution in [-0.2, 0) is 4.74 Å². The standard InChI is InChI=1S/C21H35N3O.HI/c1-4-19(20-9-7-6-8-10-20)17-23-21(22-5-2)24(3)14-11-18-12-15-25-16-13-18;/h6-10,18-19H,4-5,11-17H2,1-3H3,(H,22,23);1H. The van der Waals surface area contributed by atoms with Gasteiger partial charge in [0.2, 0.25) is 0 Å². The third-order valence-corrected chi connectivity index (χ3v) is 5.14. The molecule has 5 heteroatoms. The number of halogens is 1. The van der Waals surface area contributed by atoms with Gasteiger partial charge in [0, 0.05) is 45.8 Å². The molecule has 1 aromatic carbocycles. The maximum absolute atomic E-state index is 5.46. The summed E-state index contributed by atoms with van der Waals surface area (Å²) in [6.45, 7) is 9.03. The molecule has 0 aliphatic carbocycles. The van der Waals surface area contributed by atoms with Gasteiger partial charge in [-0.25, -0.2) is 0 Å². The number of hydrogen-bond donors (Lipinski definition) is 1. The maximum atomic E-state index is 5.46. The summed E-state index contributed by atoms with van der Waals surface area (Å²) in [5.41, 5.74) is 1.38. The second-order valence-corrected chi connectivity index (χ2v) is 6.98. The summed E-state index contributed by atoms with van der Waals surface area (Å²) < 4.78 is 5.46. The summed E-state index contributed by atoms with van der Waals surface area (Å²) in [5.74, 6) is 2.31. The summed E-state index contributed by atoms with van der Waals surface area (Å²) in [6.07, 6.45) is 4.74. The van der Waals surface area contributed by atoms with Crippen LogP contribution in [-0.4, -0.2) is 50.8 Å². The van der Waals surface area contributed by atoms with Crippen molar-refractivity contribution in [2.75, 3.05) is 39.9 Å². The highest BCUT2D eigenvalue weighted by Gasteiger charge is 2.16. The van der Waals surface area contributed by atoms with Gasteiger partial charge in [0.25, 0.3) is 0 Å². The largest absolute Gasteiger partial charge is 0.381 e. The van der Waals surface area contributed by atoms with Crippen LogP contribution in [0.3, 0.4) is 0 Å². The van der Waals surface area contributed by atoms with Crippen molar-refractivity contribution in [3.05, 3.63) is 35.9 Å². The van der Waals surface area contributed by atoms with Gasteiger partial charge in [0.1, 0.15) is 0 Å². The van der Waals surface area contributed by atoms with Gasteiger partial charge in [-0.3, -0.25) is 4.99 Å². The lowest BCUT2D eigenvalue weighted by molar-refractivity contribution is 0.0625. The molecule has 1 heterocycles. The van der Waals surface area contributed by atoms with E-state index in [2.05, 4.69) is 61.4 Å². The molecule has 1 aromatic rings. The zero-order chi connectivity index (χ0) is 17.9. The van der Waals surface area contributed by atoms with E-state index in [4.69, 9.17) is 9.73 Å². The number of aliphatic imine (C=N–C) groups is 1. The lowest BCUT2D eigenvalue weighted by Crippen LogP contribution is -2.40. The van der Waals surface area contributed by atoms with Crippen LogP contribution in [0, 0.1) is 5.92 Å². The van der Waals surface area contributed by atoms with Crippen LogP contribution in [0.4, 0.5) is 0 Å². The Hall–Kier alpha value is -0.820. The van der Waals surface area contributed by atoms with E-state index in [0.29, 0.717) is 5.92 Å². The Labute approximate surface area is 176 Å². The summed E-state index contributed by atoms with van der Waals surface area (Å²) in [5, 5.41) is 3.45. The van der Waals surface area contributed by atoms with Crippen molar-refractivity contribution in [3.63, 3.8) is 0 Å². The molecule has 0 bridgehead atoms. The average molecular weight is 473 g/mol. The lowest BCUT2D eigenvalue weighted by Gasteiger charge is -2.27. The molecule has 2 rings (SSSR count). The third kappa shape index (κ3) is 7.82. The first-order valence-corrected chi connectivity index (χ1v) is 9.86. The predicted octanol–water partition coefficient (Wildman–Crippen LogP) is 4.51. The Bertz CT molecular complexity index is 503. The monoisotopic (exact) mass is 473 g/mol. The summed E-state index contributed by atoms with van der Waals surface area (Å²) in [6, 6.07) is 10.7. The molecule has 1 N–H and O–H groups in total. The van der Waals surface area contributed by atoms with E-state index in [1.165, 1.54) is 24.8 Å². The highest BCUT2D eigenvalue weighted by Crippen LogP contribution is 2.20. The number of nitrogens with one attached hydrogen (secondary N) is 1. The average Bonchev–Trinajstić information content (AvgIpc) is 2.67. The minimum atomic E-state index is 0. The van der Waals surface area contributed by atoms with E-state index < -0.39 is 0 Å². The first-order chi connectivity index (χ1) is 12.2. The second-order valence-electron chi connectivity index (χ2n) is 6.98. The predicted molar refractivity (Wildman–Crippen MR) is 122 cm³/mol. The molecule has 0 radical (unpaired) electrons. The van der Waals surface area contributed by atoms with Gasteiger partial charge in [-0.1, -0.05) is 37.3 Å². The molecule has 1 aliphatic heterocycles. The molecule has 1 atom stereocenters. The molecule has 1 fully saturated rings. The number of nitrogens with zero attached hydrogens (tertiary/aromatic N) is 2. The first kappa shape index (κ1) is 23.2. The fourth-order valence-corrected chi connectivity index (χ4v) is 3.38. The fraction of sp³-hybridized carbons (Fsp3) is 0.667. The number of hydrogen-bond acceptors (Lipinski definition) is 2. The Kier molecular flexibility index (Phi) is 11.9. The molecular formula is C21H36IN3O. The minimum Gasteiger partial charge on any atom is -0.381 e. The van der Waals surface area contributed by atoms with Gasteiger partial charge < -0.3 is 15.0 Å². The number of benzene rings is 1. The SMILES string of the molecule is CCNC(=NCC(CC)c1ccccc1)N(C)CCC1CCOCC1.I. The molecular weight excluding hydrogens is 437 g/mol. The van der Waals surface area contributed by atoms with Gasteiger partial charge in [0.15, 0.2) is 5.96 Å². The first-order valence-electron chi connectivity index (χ1n) is 9.86. The van der Waals surface area contributed by atoms with Gasteiger partial charge in [-0.2, -0.15) is 0 Å².